The number of benzene rings is 3. The molecular weight excluding hydrogens is 438 g/mol. The number of carbonyl (C=O) groups excluding carboxylic acids is 1. The smallest absolute Gasteiger partial charge is 0.258 e. The Balaban J connectivity index is 1.35. The lowest BCUT2D eigenvalue weighted by Crippen LogP contribution is -2.15. The molecule has 0 fully saturated rings. The first-order chi connectivity index (χ1) is 15.7. The summed E-state index contributed by atoms with van der Waals surface area (Å²) in [7, 11) is 0. The first-order valence-electron chi connectivity index (χ1n) is 10.5. The minimum Gasteiger partial charge on any atom is -0.298 e. The molecule has 0 aliphatic heterocycles. The van der Waals surface area contributed by atoms with Crippen LogP contribution in [0.2, 0.25) is 5.02 Å². The molecule has 1 N–H and O–H groups in total. The number of aryl methyl sites for hydroxylation is 1. The van der Waals surface area contributed by atoms with Crippen LogP contribution in [0, 0.1) is 0 Å². The molecule has 0 unspecified atom stereocenters. The summed E-state index contributed by atoms with van der Waals surface area (Å²) in [6.07, 6.45) is 2.77. The van der Waals surface area contributed by atoms with Gasteiger partial charge in [-0.25, -0.2) is 4.98 Å². The molecule has 0 spiro atoms. The largest absolute Gasteiger partial charge is 0.298 e. The first kappa shape index (κ1) is 19.4. The lowest BCUT2D eigenvalue weighted by atomic mass is 10.0. The van der Waals surface area contributed by atoms with Crippen molar-refractivity contribution in [3.05, 3.63) is 87.9 Å². The number of halogens is 1. The Hall–Kier alpha value is -3.28. The van der Waals surface area contributed by atoms with E-state index in [0.29, 0.717) is 15.7 Å². The number of thiazole rings is 1. The number of nitrogens with zero attached hydrogens (tertiary/aromatic N) is 2. The normalized spacial score (nSPS) is 12.9. The predicted octanol–water partition coefficient (Wildman–Crippen LogP) is 6.91. The van der Waals surface area contributed by atoms with E-state index in [4.69, 9.17) is 16.6 Å². The highest BCUT2D eigenvalue weighted by Crippen LogP contribution is 2.33. The molecule has 156 valence electrons. The lowest BCUT2D eigenvalue weighted by Gasteiger charge is -2.12. The second kappa shape index (κ2) is 7.69. The summed E-state index contributed by atoms with van der Waals surface area (Å²) >= 11 is 7.68. The third-order valence-electron chi connectivity index (χ3n) is 5.97. The van der Waals surface area contributed by atoms with Crippen LogP contribution in [-0.2, 0) is 12.8 Å². The van der Waals surface area contributed by atoms with E-state index in [9.17, 15) is 4.79 Å². The standard InChI is InChI=1S/C26H18ClN3OS/c27-18-10-11-22-20(13-18)24(19-6-3-7-21(19)28-22)25(31)30-26-29-23(14-32-26)17-9-8-15-4-1-2-5-16(15)12-17/h1-2,4-5,8-14H,3,6-7H2,(H,29,30,31). The fourth-order valence-electron chi connectivity index (χ4n) is 4.47. The van der Waals surface area contributed by atoms with Gasteiger partial charge in [0.15, 0.2) is 5.13 Å². The molecule has 0 radical (unpaired) electrons. The van der Waals surface area contributed by atoms with E-state index >= 15 is 0 Å². The molecule has 32 heavy (non-hydrogen) atoms. The number of carbonyl (C=O) groups is 1. The first-order valence-corrected chi connectivity index (χ1v) is 11.8. The zero-order valence-electron chi connectivity index (χ0n) is 17.1. The van der Waals surface area contributed by atoms with E-state index < -0.39 is 0 Å². The zero-order valence-corrected chi connectivity index (χ0v) is 18.6. The number of hydrogen-bond acceptors (Lipinski definition) is 4. The van der Waals surface area contributed by atoms with Gasteiger partial charge in [-0.05, 0) is 59.9 Å². The van der Waals surface area contributed by atoms with Crippen molar-refractivity contribution in [3.63, 3.8) is 0 Å². The summed E-state index contributed by atoms with van der Waals surface area (Å²) in [5.41, 5.74) is 5.40. The molecule has 1 amide bonds. The van der Waals surface area contributed by atoms with E-state index in [-0.39, 0.29) is 5.91 Å². The molecule has 6 rings (SSSR count). The fraction of sp³-hybridized carbons (Fsp3) is 0.115. The number of amides is 1. The van der Waals surface area contributed by atoms with Gasteiger partial charge < -0.3 is 0 Å². The Morgan fingerprint density at radius 2 is 1.84 bits per heavy atom. The molecule has 5 aromatic rings. The van der Waals surface area contributed by atoms with Crippen molar-refractivity contribution >= 4 is 55.7 Å². The van der Waals surface area contributed by atoms with Crippen LogP contribution in [0.15, 0.2) is 66.0 Å². The van der Waals surface area contributed by atoms with E-state index in [2.05, 4.69) is 40.6 Å². The van der Waals surface area contributed by atoms with Crippen LogP contribution in [0.4, 0.5) is 5.13 Å². The van der Waals surface area contributed by atoms with E-state index in [1.165, 1.54) is 22.1 Å². The summed E-state index contributed by atoms with van der Waals surface area (Å²) in [5.74, 6) is -0.155. The van der Waals surface area contributed by atoms with Crippen molar-refractivity contribution in [2.45, 2.75) is 19.3 Å². The molecule has 1 aliphatic carbocycles. The van der Waals surface area contributed by atoms with Crippen LogP contribution < -0.4 is 5.32 Å². The summed E-state index contributed by atoms with van der Waals surface area (Å²) in [6.45, 7) is 0. The average molecular weight is 456 g/mol. The van der Waals surface area contributed by atoms with Crippen LogP contribution >= 0.6 is 22.9 Å². The van der Waals surface area contributed by atoms with E-state index in [1.54, 1.807) is 0 Å². The maximum absolute atomic E-state index is 13.4. The summed E-state index contributed by atoms with van der Waals surface area (Å²) in [6, 6.07) is 20.1. The van der Waals surface area contributed by atoms with Gasteiger partial charge in [0.2, 0.25) is 0 Å². The van der Waals surface area contributed by atoms with Gasteiger partial charge in [0.05, 0.1) is 16.8 Å². The van der Waals surface area contributed by atoms with Crippen LogP contribution in [0.5, 0.6) is 0 Å². The Morgan fingerprint density at radius 3 is 2.75 bits per heavy atom. The van der Waals surface area contributed by atoms with Crippen LogP contribution in [0.25, 0.3) is 32.9 Å². The Kier molecular flexibility index (Phi) is 4.67. The molecular formula is C26H18ClN3OS. The molecule has 0 bridgehead atoms. The lowest BCUT2D eigenvalue weighted by molar-refractivity contribution is 0.102. The van der Waals surface area contributed by atoms with Gasteiger partial charge in [0.1, 0.15) is 0 Å². The molecule has 2 aromatic heterocycles. The van der Waals surface area contributed by atoms with Crippen LogP contribution in [-0.4, -0.2) is 15.9 Å². The van der Waals surface area contributed by atoms with Crippen molar-refractivity contribution in [3.8, 4) is 11.3 Å². The zero-order chi connectivity index (χ0) is 21.7. The van der Waals surface area contributed by atoms with Crippen molar-refractivity contribution in [1.82, 2.24) is 9.97 Å². The molecule has 3 aromatic carbocycles. The van der Waals surface area contributed by atoms with Gasteiger partial charge in [-0.1, -0.05) is 48.0 Å². The van der Waals surface area contributed by atoms with Gasteiger partial charge in [0.25, 0.3) is 5.91 Å². The topological polar surface area (TPSA) is 54.9 Å². The number of hydrogen-bond donors (Lipinski definition) is 1. The second-order valence-electron chi connectivity index (χ2n) is 7.98. The molecule has 0 saturated carbocycles. The molecule has 0 saturated heterocycles. The van der Waals surface area contributed by atoms with Crippen LogP contribution in [0.3, 0.4) is 0 Å². The quantitative estimate of drug-likeness (QED) is 0.321. The highest BCUT2D eigenvalue weighted by Gasteiger charge is 2.24. The highest BCUT2D eigenvalue weighted by atomic mass is 35.5. The molecule has 1 aliphatic rings. The molecule has 0 atom stereocenters. The van der Waals surface area contributed by atoms with Crippen molar-refractivity contribution in [2.75, 3.05) is 5.32 Å². The number of anilines is 1. The molecule has 6 heteroatoms. The van der Waals surface area contributed by atoms with E-state index in [0.717, 1.165) is 52.7 Å². The number of rotatable bonds is 3. The van der Waals surface area contributed by atoms with Crippen molar-refractivity contribution in [1.29, 1.82) is 0 Å². The predicted molar refractivity (Wildman–Crippen MR) is 132 cm³/mol. The monoisotopic (exact) mass is 455 g/mol. The van der Waals surface area contributed by atoms with Crippen molar-refractivity contribution in [2.24, 2.45) is 0 Å². The van der Waals surface area contributed by atoms with Gasteiger partial charge in [-0.2, -0.15) is 0 Å². The van der Waals surface area contributed by atoms with Crippen molar-refractivity contribution < 1.29 is 4.79 Å². The Bertz CT molecular complexity index is 1520. The molecule has 4 nitrogen and oxygen atoms in total. The van der Waals surface area contributed by atoms with Gasteiger partial charge in [-0.3, -0.25) is 15.1 Å². The van der Waals surface area contributed by atoms with Crippen LogP contribution in [0.1, 0.15) is 28.0 Å². The third kappa shape index (κ3) is 3.34. The minimum absolute atomic E-state index is 0.155. The summed E-state index contributed by atoms with van der Waals surface area (Å²) in [5, 5.41) is 9.33. The Morgan fingerprint density at radius 1 is 0.969 bits per heavy atom. The summed E-state index contributed by atoms with van der Waals surface area (Å²) < 4.78 is 0. The summed E-state index contributed by atoms with van der Waals surface area (Å²) in [4.78, 5) is 22.9. The second-order valence-corrected chi connectivity index (χ2v) is 9.28. The van der Waals surface area contributed by atoms with Gasteiger partial charge in [0, 0.05) is 27.0 Å². The Labute approximate surface area is 193 Å². The van der Waals surface area contributed by atoms with E-state index in [1.807, 2.05) is 35.7 Å². The fourth-order valence-corrected chi connectivity index (χ4v) is 5.35. The number of nitrogens with one attached hydrogen (secondary N) is 1. The molecule has 2 heterocycles. The average Bonchev–Trinajstić information content (AvgIpc) is 3.46. The number of fused-ring (bicyclic) bond motifs is 3. The SMILES string of the molecule is O=C(Nc1nc(-c2ccc3ccccc3c2)cs1)c1c2c(nc3ccc(Cl)cc13)CCC2. The maximum atomic E-state index is 13.4. The minimum atomic E-state index is -0.155. The van der Waals surface area contributed by atoms with Gasteiger partial charge in [-0.15, -0.1) is 11.3 Å². The number of aromatic nitrogens is 2. The number of pyridine rings is 1. The maximum Gasteiger partial charge on any atom is 0.258 e. The third-order valence-corrected chi connectivity index (χ3v) is 6.96. The highest BCUT2D eigenvalue weighted by molar-refractivity contribution is 7.14. The van der Waals surface area contributed by atoms with Gasteiger partial charge >= 0.3 is 0 Å².